The van der Waals surface area contributed by atoms with Crippen molar-refractivity contribution in [1.29, 1.82) is 5.41 Å². The number of amides is 2. The van der Waals surface area contributed by atoms with E-state index in [0.29, 0.717) is 68.6 Å². The van der Waals surface area contributed by atoms with Crippen LogP contribution < -0.4 is 20.7 Å². The Kier molecular flexibility index (Phi) is 18.2. The molecule has 10 heteroatoms. The summed E-state index contributed by atoms with van der Waals surface area (Å²) in [5, 5.41) is 15.4. The molecule has 2 amide bonds. The molecule has 0 aromatic heterocycles. The summed E-state index contributed by atoms with van der Waals surface area (Å²) in [7, 11) is 1.85. The zero-order valence-corrected chi connectivity index (χ0v) is 29.3. The van der Waals surface area contributed by atoms with Crippen LogP contribution in [0.15, 0.2) is 71.3 Å². The van der Waals surface area contributed by atoms with Crippen LogP contribution in [0.4, 0.5) is 5.69 Å². The third kappa shape index (κ3) is 15.0. The molecule has 0 bridgehead atoms. The molecule has 0 atom stereocenters. The Morgan fingerprint density at radius 2 is 1.89 bits per heavy atom. The first-order chi connectivity index (χ1) is 22.7. The van der Waals surface area contributed by atoms with Crippen molar-refractivity contribution in [2.24, 2.45) is 10.4 Å². The van der Waals surface area contributed by atoms with Crippen LogP contribution in [0.5, 0.6) is 5.75 Å². The van der Waals surface area contributed by atoms with Gasteiger partial charge < -0.3 is 25.7 Å². The van der Waals surface area contributed by atoms with E-state index in [-0.39, 0.29) is 17.2 Å². The number of halogens is 1. The lowest BCUT2D eigenvalue weighted by Crippen LogP contribution is -2.45. The van der Waals surface area contributed by atoms with Gasteiger partial charge in [0, 0.05) is 50.9 Å². The van der Waals surface area contributed by atoms with Crippen LogP contribution >= 0.6 is 11.6 Å². The standard InChI is InChI=1S/C36H50ClN5O3.CH3N/c1-5-39-27-40-24-29-15-20-33(32(37)23-29)45-22-10-21-42(34(43)14-9-13-28-11-7-6-8-12-28)26-36(2,3)25-41-35(44)30-16-18-31(38-4)19-17-30;1-2/h5,7,11-12,15-20,23,38,40H,6,8-10,13-14,21-22,24-27H2,1-4H3,(H,41,44);2H,1H2/b39-5-;. The summed E-state index contributed by atoms with van der Waals surface area (Å²) >= 11 is 6.50. The molecular formula is C37H53ClN6O3. The number of rotatable bonds is 19. The number of hydrogen-bond acceptors (Lipinski definition) is 7. The fourth-order valence-electron chi connectivity index (χ4n) is 5.09. The highest BCUT2D eigenvalue weighted by Gasteiger charge is 2.26. The van der Waals surface area contributed by atoms with Gasteiger partial charge in [-0.05, 0) is 99.3 Å². The molecule has 0 fully saturated rings. The van der Waals surface area contributed by atoms with Gasteiger partial charge in [0.1, 0.15) is 5.75 Å². The predicted molar refractivity (Wildman–Crippen MR) is 196 cm³/mol. The molecule has 3 rings (SSSR count). The van der Waals surface area contributed by atoms with Crippen molar-refractivity contribution in [2.75, 3.05) is 45.3 Å². The molecule has 0 saturated carbocycles. The largest absolute Gasteiger partial charge is 0.492 e. The van der Waals surface area contributed by atoms with Crippen molar-refractivity contribution in [3.05, 3.63) is 82.4 Å². The summed E-state index contributed by atoms with van der Waals surface area (Å²) in [5.74, 6) is 0.628. The lowest BCUT2D eigenvalue weighted by Gasteiger charge is -2.33. The average molecular weight is 665 g/mol. The maximum Gasteiger partial charge on any atom is 0.251 e. The first-order valence-corrected chi connectivity index (χ1v) is 16.7. The summed E-state index contributed by atoms with van der Waals surface area (Å²) in [5.41, 5.74) is 3.59. The highest BCUT2D eigenvalue weighted by atomic mass is 35.5. The Hall–Kier alpha value is -3.95. The molecule has 9 nitrogen and oxygen atoms in total. The number of hydrogen-bond donors (Lipinski definition) is 4. The summed E-state index contributed by atoms with van der Waals surface area (Å²) in [4.78, 5) is 32.4. The molecule has 2 aromatic rings. The molecular weight excluding hydrogens is 612 g/mol. The fourth-order valence-corrected chi connectivity index (χ4v) is 5.35. The van der Waals surface area contributed by atoms with Gasteiger partial charge in [-0.25, -0.2) is 0 Å². The molecule has 0 saturated heterocycles. The smallest absolute Gasteiger partial charge is 0.251 e. The zero-order chi connectivity index (χ0) is 34.5. The van der Waals surface area contributed by atoms with Gasteiger partial charge >= 0.3 is 0 Å². The topological polar surface area (TPSA) is 119 Å². The molecule has 0 unspecified atom stereocenters. The number of nitrogens with one attached hydrogen (secondary N) is 4. The van der Waals surface area contributed by atoms with Crippen LogP contribution in [-0.4, -0.2) is 69.6 Å². The molecule has 47 heavy (non-hydrogen) atoms. The SMILES string of the molecule is C/C=N\CNCc1ccc(OCCCN(CC(C)(C)CNC(=O)c2ccc(NC)cc2)C(=O)CCCC2=CCCC=C2)c(Cl)c1.C=N. The molecule has 0 heterocycles. The quantitative estimate of drug-likeness (QED) is 0.0929. The highest BCUT2D eigenvalue weighted by Crippen LogP contribution is 2.26. The molecule has 0 radical (unpaired) electrons. The number of nitrogens with zero attached hydrogens (tertiary/aromatic N) is 2. The van der Waals surface area contributed by atoms with Gasteiger partial charge in [0.2, 0.25) is 5.91 Å². The van der Waals surface area contributed by atoms with Crippen molar-refractivity contribution in [3.8, 4) is 5.75 Å². The number of benzene rings is 2. The first kappa shape index (κ1) is 39.2. The summed E-state index contributed by atoms with van der Waals surface area (Å²) < 4.78 is 6.01. The number of ether oxygens (including phenoxy) is 1. The Bertz CT molecular complexity index is 1340. The molecule has 0 spiro atoms. The van der Waals surface area contributed by atoms with E-state index in [4.69, 9.17) is 21.7 Å². The monoisotopic (exact) mass is 664 g/mol. The summed E-state index contributed by atoms with van der Waals surface area (Å²) in [6.45, 7) is 11.7. The van der Waals surface area contributed by atoms with Crippen LogP contribution in [-0.2, 0) is 11.3 Å². The van der Waals surface area contributed by atoms with Gasteiger partial charge in [-0.1, -0.05) is 55.3 Å². The molecule has 256 valence electrons. The second-order valence-electron chi connectivity index (χ2n) is 12.1. The van der Waals surface area contributed by atoms with Crippen molar-refractivity contribution < 1.29 is 14.3 Å². The van der Waals surface area contributed by atoms with E-state index in [1.807, 2.05) is 49.2 Å². The molecule has 4 N–H and O–H groups in total. The van der Waals surface area contributed by atoms with Gasteiger partial charge in [0.25, 0.3) is 5.91 Å². The normalized spacial score (nSPS) is 12.6. The number of carbonyl (C=O) groups excluding carboxylic acids is 2. The zero-order valence-electron chi connectivity index (χ0n) is 28.5. The van der Waals surface area contributed by atoms with E-state index in [2.05, 4.69) is 59.7 Å². The molecule has 1 aliphatic carbocycles. The van der Waals surface area contributed by atoms with Crippen LogP contribution in [0, 0.1) is 10.8 Å². The van der Waals surface area contributed by atoms with E-state index < -0.39 is 0 Å². The van der Waals surface area contributed by atoms with Crippen LogP contribution in [0.25, 0.3) is 0 Å². The van der Waals surface area contributed by atoms with E-state index >= 15 is 0 Å². The molecule has 1 aliphatic rings. The number of allylic oxidation sites excluding steroid dienone is 4. The maximum absolute atomic E-state index is 13.5. The van der Waals surface area contributed by atoms with E-state index in [1.54, 1.807) is 18.3 Å². The van der Waals surface area contributed by atoms with Crippen molar-refractivity contribution in [1.82, 2.24) is 15.5 Å². The van der Waals surface area contributed by atoms with Crippen molar-refractivity contribution in [2.45, 2.75) is 65.8 Å². The molecule has 0 aliphatic heterocycles. The fraction of sp³-hybridized carbons (Fsp3) is 0.459. The minimum atomic E-state index is -0.332. The molecule has 2 aromatic carbocycles. The summed E-state index contributed by atoms with van der Waals surface area (Å²) in [6.07, 6.45) is 13.4. The third-order valence-corrected chi connectivity index (χ3v) is 7.90. The van der Waals surface area contributed by atoms with Gasteiger partial charge in [0.05, 0.1) is 18.3 Å². The van der Waals surface area contributed by atoms with E-state index in [0.717, 1.165) is 36.9 Å². The second-order valence-corrected chi connectivity index (χ2v) is 12.5. The number of anilines is 1. The van der Waals surface area contributed by atoms with E-state index in [9.17, 15) is 9.59 Å². The third-order valence-electron chi connectivity index (χ3n) is 7.60. The minimum absolute atomic E-state index is 0.125. The van der Waals surface area contributed by atoms with Gasteiger partial charge in [-0.3, -0.25) is 19.9 Å². The Morgan fingerprint density at radius 3 is 2.55 bits per heavy atom. The van der Waals surface area contributed by atoms with Crippen LogP contribution in [0.3, 0.4) is 0 Å². The average Bonchev–Trinajstić information content (AvgIpc) is 3.09. The summed E-state index contributed by atoms with van der Waals surface area (Å²) in [6, 6.07) is 13.1. The lowest BCUT2D eigenvalue weighted by molar-refractivity contribution is -0.132. The lowest BCUT2D eigenvalue weighted by atomic mass is 9.92. The highest BCUT2D eigenvalue weighted by molar-refractivity contribution is 6.32. The second kappa shape index (κ2) is 21.8. The minimum Gasteiger partial charge on any atom is -0.492 e. The van der Waals surface area contributed by atoms with Gasteiger partial charge in [-0.2, -0.15) is 0 Å². The maximum atomic E-state index is 13.5. The number of carbonyl (C=O) groups is 2. The van der Waals surface area contributed by atoms with Crippen LogP contribution in [0.1, 0.15) is 75.2 Å². The Labute approximate surface area is 286 Å². The van der Waals surface area contributed by atoms with Gasteiger partial charge in [0.15, 0.2) is 0 Å². The van der Waals surface area contributed by atoms with E-state index in [1.165, 1.54) is 5.57 Å². The first-order valence-electron chi connectivity index (χ1n) is 16.3. The Balaban J connectivity index is 0.00000376. The number of aliphatic imine (C=N–C) groups is 1. The van der Waals surface area contributed by atoms with Crippen molar-refractivity contribution in [3.63, 3.8) is 0 Å². The van der Waals surface area contributed by atoms with Gasteiger partial charge in [-0.15, -0.1) is 0 Å². The van der Waals surface area contributed by atoms with Crippen LogP contribution in [0.2, 0.25) is 5.02 Å². The predicted octanol–water partition coefficient (Wildman–Crippen LogP) is 7.29. The van der Waals surface area contributed by atoms with Crippen molar-refractivity contribution >= 4 is 42.0 Å². The Morgan fingerprint density at radius 1 is 1.13 bits per heavy atom.